The maximum absolute atomic E-state index is 12.0. The number of aliphatic carboxylic acids is 1. The van der Waals surface area contributed by atoms with E-state index in [0.29, 0.717) is 21.4 Å². The minimum absolute atomic E-state index is 0.107. The standard InChI is InChI=1S/C14H13ClN2O3S/c1-8-2-3-9(15)4-11(8)17-12(18)6-13-16-10(7-21-13)5-14(19)20/h2-4,7H,5-6H2,1H3,(H,17,18)(H,19,20). The third-order valence-electron chi connectivity index (χ3n) is 2.72. The summed E-state index contributed by atoms with van der Waals surface area (Å²) in [5, 5.41) is 14.2. The molecule has 2 aromatic rings. The van der Waals surface area contributed by atoms with E-state index < -0.39 is 5.97 Å². The number of carboxylic acids is 1. The molecule has 0 fully saturated rings. The molecule has 0 radical (unpaired) electrons. The maximum atomic E-state index is 12.0. The van der Waals surface area contributed by atoms with Gasteiger partial charge >= 0.3 is 5.97 Å². The van der Waals surface area contributed by atoms with Crippen LogP contribution in [0.3, 0.4) is 0 Å². The number of amides is 1. The van der Waals surface area contributed by atoms with Crippen LogP contribution in [0.2, 0.25) is 5.02 Å². The molecular formula is C14H13ClN2O3S. The van der Waals surface area contributed by atoms with Crippen LogP contribution >= 0.6 is 22.9 Å². The van der Waals surface area contributed by atoms with Crippen molar-refractivity contribution in [1.29, 1.82) is 0 Å². The Bertz CT molecular complexity index is 685. The van der Waals surface area contributed by atoms with Gasteiger partial charge < -0.3 is 10.4 Å². The van der Waals surface area contributed by atoms with Gasteiger partial charge in [0, 0.05) is 16.1 Å². The van der Waals surface area contributed by atoms with Gasteiger partial charge in [0.25, 0.3) is 0 Å². The monoisotopic (exact) mass is 324 g/mol. The zero-order chi connectivity index (χ0) is 15.4. The Morgan fingerprint density at radius 2 is 2.14 bits per heavy atom. The van der Waals surface area contributed by atoms with Crippen LogP contribution in [0.5, 0.6) is 0 Å². The molecule has 1 heterocycles. The van der Waals surface area contributed by atoms with Crippen LogP contribution in [0.4, 0.5) is 5.69 Å². The number of carboxylic acid groups (broad SMARTS) is 1. The molecule has 0 unspecified atom stereocenters. The summed E-state index contributed by atoms with van der Waals surface area (Å²) in [4.78, 5) is 26.7. The van der Waals surface area contributed by atoms with Gasteiger partial charge in [0.2, 0.25) is 5.91 Å². The predicted octanol–water partition coefficient (Wildman–Crippen LogP) is 2.91. The second-order valence-corrected chi connectivity index (χ2v) is 5.87. The van der Waals surface area contributed by atoms with Gasteiger partial charge in [0.05, 0.1) is 18.5 Å². The average molecular weight is 325 g/mol. The summed E-state index contributed by atoms with van der Waals surface area (Å²) < 4.78 is 0. The normalized spacial score (nSPS) is 10.4. The Kier molecular flexibility index (Phi) is 4.93. The highest BCUT2D eigenvalue weighted by atomic mass is 35.5. The Morgan fingerprint density at radius 3 is 2.86 bits per heavy atom. The maximum Gasteiger partial charge on any atom is 0.309 e. The summed E-state index contributed by atoms with van der Waals surface area (Å²) >= 11 is 7.17. The van der Waals surface area contributed by atoms with E-state index in [0.717, 1.165) is 5.56 Å². The molecule has 1 aromatic heterocycles. The molecule has 0 aliphatic rings. The van der Waals surface area contributed by atoms with E-state index in [1.807, 2.05) is 13.0 Å². The lowest BCUT2D eigenvalue weighted by Gasteiger charge is -2.07. The van der Waals surface area contributed by atoms with Crippen LogP contribution in [0, 0.1) is 6.92 Å². The fourth-order valence-electron chi connectivity index (χ4n) is 1.73. The number of carbonyl (C=O) groups excluding carboxylic acids is 1. The largest absolute Gasteiger partial charge is 0.481 e. The molecule has 0 spiro atoms. The molecule has 5 nitrogen and oxygen atoms in total. The van der Waals surface area contributed by atoms with Crippen molar-refractivity contribution in [2.24, 2.45) is 0 Å². The lowest BCUT2D eigenvalue weighted by molar-refractivity contribution is -0.136. The van der Waals surface area contributed by atoms with Crippen molar-refractivity contribution in [2.75, 3.05) is 5.32 Å². The molecule has 1 amide bonds. The number of nitrogens with zero attached hydrogens (tertiary/aromatic N) is 1. The molecule has 110 valence electrons. The number of halogens is 1. The Labute approximate surface area is 130 Å². The van der Waals surface area contributed by atoms with Gasteiger partial charge in [-0.15, -0.1) is 11.3 Å². The van der Waals surface area contributed by atoms with E-state index in [9.17, 15) is 9.59 Å². The molecule has 2 rings (SSSR count). The van der Waals surface area contributed by atoms with Crippen LogP contribution in [0.15, 0.2) is 23.6 Å². The quantitative estimate of drug-likeness (QED) is 0.886. The third kappa shape index (κ3) is 4.54. The van der Waals surface area contributed by atoms with E-state index in [1.54, 1.807) is 17.5 Å². The highest BCUT2D eigenvalue weighted by Gasteiger charge is 2.11. The summed E-state index contributed by atoms with van der Waals surface area (Å²) in [6.45, 7) is 1.88. The molecule has 2 N–H and O–H groups in total. The van der Waals surface area contributed by atoms with E-state index >= 15 is 0 Å². The minimum atomic E-state index is -0.939. The van der Waals surface area contributed by atoms with Crippen molar-refractivity contribution in [1.82, 2.24) is 4.98 Å². The van der Waals surface area contributed by atoms with Crippen molar-refractivity contribution in [2.45, 2.75) is 19.8 Å². The minimum Gasteiger partial charge on any atom is -0.481 e. The Morgan fingerprint density at radius 1 is 1.38 bits per heavy atom. The molecule has 0 aliphatic carbocycles. The van der Waals surface area contributed by atoms with Crippen molar-refractivity contribution in [3.63, 3.8) is 0 Å². The van der Waals surface area contributed by atoms with Crippen molar-refractivity contribution in [3.05, 3.63) is 44.9 Å². The van der Waals surface area contributed by atoms with Crippen molar-refractivity contribution in [3.8, 4) is 0 Å². The van der Waals surface area contributed by atoms with Gasteiger partial charge in [-0.1, -0.05) is 17.7 Å². The topological polar surface area (TPSA) is 79.3 Å². The van der Waals surface area contributed by atoms with Crippen molar-refractivity contribution < 1.29 is 14.7 Å². The molecule has 0 saturated heterocycles. The summed E-state index contributed by atoms with van der Waals surface area (Å²) in [6.07, 6.45) is -0.0260. The molecule has 0 saturated carbocycles. The average Bonchev–Trinajstić information content (AvgIpc) is 2.80. The number of rotatable bonds is 5. The summed E-state index contributed by atoms with van der Waals surface area (Å²) in [5.74, 6) is -1.15. The molecular weight excluding hydrogens is 312 g/mol. The molecule has 7 heteroatoms. The molecule has 0 aliphatic heterocycles. The number of carbonyl (C=O) groups is 2. The SMILES string of the molecule is Cc1ccc(Cl)cc1NC(=O)Cc1nc(CC(=O)O)cs1. The highest BCUT2D eigenvalue weighted by Crippen LogP contribution is 2.20. The van der Waals surface area contributed by atoms with Gasteiger partial charge in [-0.2, -0.15) is 0 Å². The molecule has 0 atom stereocenters. The van der Waals surface area contributed by atoms with Gasteiger partial charge in [0.15, 0.2) is 0 Å². The first-order chi connectivity index (χ1) is 9.94. The predicted molar refractivity (Wildman–Crippen MR) is 82.0 cm³/mol. The number of benzene rings is 1. The van der Waals surface area contributed by atoms with Crippen molar-refractivity contribution >= 4 is 40.5 Å². The van der Waals surface area contributed by atoms with Gasteiger partial charge in [-0.05, 0) is 24.6 Å². The first kappa shape index (κ1) is 15.5. The smallest absolute Gasteiger partial charge is 0.309 e. The zero-order valence-electron chi connectivity index (χ0n) is 11.2. The van der Waals surface area contributed by atoms with E-state index in [4.69, 9.17) is 16.7 Å². The summed E-state index contributed by atoms with van der Waals surface area (Å²) in [6, 6.07) is 5.27. The van der Waals surface area contributed by atoms with Crippen LogP contribution in [0.1, 0.15) is 16.3 Å². The second kappa shape index (κ2) is 6.69. The number of aromatic nitrogens is 1. The third-order valence-corrected chi connectivity index (χ3v) is 3.85. The number of hydrogen-bond acceptors (Lipinski definition) is 4. The van der Waals surface area contributed by atoms with E-state index in [2.05, 4.69) is 10.3 Å². The Hall–Kier alpha value is -1.92. The van der Waals surface area contributed by atoms with E-state index in [1.165, 1.54) is 11.3 Å². The molecule has 1 aromatic carbocycles. The lowest BCUT2D eigenvalue weighted by atomic mass is 10.2. The highest BCUT2D eigenvalue weighted by molar-refractivity contribution is 7.09. The summed E-state index contributed by atoms with van der Waals surface area (Å²) in [5.41, 5.74) is 2.04. The van der Waals surface area contributed by atoms with E-state index in [-0.39, 0.29) is 18.7 Å². The second-order valence-electron chi connectivity index (χ2n) is 4.49. The van der Waals surface area contributed by atoms with Gasteiger partial charge in [-0.3, -0.25) is 9.59 Å². The van der Waals surface area contributed by atoms with Crippen LogP contribution in [-0.2, 0) is 22.4 Å². The number of thiazole rings is 1. The molecule has 21 heavy (non-hydrogen) atoms. The zero-order valence-corrected chi connectivity index (χ0v) is 12.8. The summed E-state index contributed by atoms with van der Waals surface area (Å²) in [7, 11) is 0. The van der Waals surface area contributed by atoms with Crippen LogP contribution in [0.25, 0.3) is 0 Å². The fourth-order valence-corrected chi connectivity index (χ4v) is 2.69. The van der Waals surface area contributed by atoms with Crippen LogP contribution < -0.4 is 5.32 Å². The number of aryl methyl sites for hydroxylation is 1. The van der Waals surface area contributed by atoms with Gasteiger partial charge in [0.1, 0.15) is 5.01 Å². The van der Waals surface area contributed by atoms with Crippen LogP contribution in [-0.4, -0.2) is 22.0 Å². The first-order valence-electron chi connectivity index (χ1n) is 6.15. The fraction of sp³-hybridized carbons (Fsp3) is 0.214. The Balaban J connectivity index is 2.00. The first-order valence-corrected chi connectivity index (χ1v) is 7.41. The molecule has 0 bridgehead atoms. The van der Waals surface area contributed by atoms with Gasteiger partial charge in [-0.25, -0.2) is 4.98 Å². The number of anilines is 1. The number of nitrogens with one attached hydrogen (secondary N) is 1. The number of hydrogen-bond donors (Lipinski definition) is 2. The lowest BCUT2D eigenvalue weighted by Crippen LogP contribution is -2.15.